The fraction of sp³-hybridized carbons (Fsp3) is 0.125. The first-order valence-electron chi connectivity index (χ1n) is 6.61. The Morgan fingerprint density at radius 3 is 2.78 bits per heavy atom. The number of benzene rings is 2. The SMILES string of the molecule is Cc1cc(OCC(=O)N/N=C/c2ccc(Cl)cc2Cl)ccc1Br. The quantitative estimate of drug-likeness (QED) is 0.573. The van der Waals surface area contributed by atoms with Crippen molar-refractivity contribution < 1.29 is 9.53 Å². The van der Waals surface area contributed by atoms with Crippen LogP contribution in [-0.4, -0.2) is 18.7 Å². The van der Waals surface area contributed by atoms with Crippen molar-refractivity contribution in [3.63, 3.8) is 0 Å². The van der Waals surface area contributed by atoms with E-state index < -0.39 is 0 Å². The fourth-order valence-corrected chi connectivity index (χ4v) is 2.37. The molecular weight excluding hydrogens is 403 g/mol. The lowest BCUT2D eigenvalue weighted by Crippen LogP contribution is -2.24. The van der Waals surface area contributed by atoms with E-state index in [2.05, 4.69) is 26.5 Å². The molecule has 0 aliphatic carbocycles. The number of ether oxygens (including phenoxy) is 1. The van der Waals surface area contributed by atoms with E-state index in [4.69, 9.17) is 27.9 Å². The fourth-order valence-electron chi connectivity index (χ4n) is 1.67. The molecule has 0 aliphatic rings. The number of rotatable bonds is 5. The van der Waals surface area contributed by atoms with Crippen LogP contribution >= 0.6 is 39.1 Å². The van der Waals surface area contributed by atoms with Crippen LogP contribution in [0.4, 0.5) is 0 Å². The molecule has 0 spiro atoms. The van der Waals surface area contributed by atoms with E-state index in [-0.39, 0.29) is 12.5 Å². The smallest absolute Gasteiger partial charge is 0.277 e. The molecule has 1 amide bonds. The zero-order chi connectivity index (χ0) is 16.8. The third-order valence-electron chi connectivity index (χ3n) is 2.85. The van der Waals surface area contributed by atoms with E-state index in [1.807, 2.05) is 19.1 Å². The Morgan fingerprint density at radius 1 is 1.30 bits per heavy atom. The molecule has 0 aliphatic heterocycles. The molecule has 1 N–H and O–H groups in total. The van der Waals surface area contributed by atoms with Gasteiger partial charge in [-0.05, 0) is 42.8 Å². The van der Waals surface area contributed by atoms with Crippen molar-refractivity contribution in [1.29, 1.82) is 0 Å². The molecule has 0 heterocycles. The topological polar surface area (TPSA) is 50.7 Å². The van der Waals surface area contributed by atoms with E-state index in [0.29, 0.717) is 21.4 Å². The Hall–Kier alpha value is -1.56. The lowest BCUT2D eigenvalue weighted by Gasteiger charge is -2.06. The molecule has 2 aromatic carbocycles. The molecular formula is C16H13BrCl2N2O2. The normalized spacial score (nSPS) is 10.8. The Bertz CT molecular complexity index is 751. The van der Waals surface area contributed by atoms with E-state index >= 15 is 0 Å². The van der Waals surface area contributed by atoms with Crippen molar-refractivity contribution in [2.24, 2.45) is 5.10 Å². The summed E-state index contributed by atoms with van der Waals surface area (Å²) in [4.78, 5) is 11.7. The molecule has 2 aromatic rings. The monoisotopic (exact) mass is 414 g/mol. The molecule has 0 saturated carbocycles. The molecule has 0 atom stereocenters. The summed E-state index contributed by atoms with van der Waals surface area (Å²) >= 11 is 15.2. The second-order valence-corrected chi connectivity index (χ2v) is 6.36. The van der Waals surface area contributed by atoms with E-state index in [1.165, 1.54) is 6.21 Å². The summed E-state index contributed by atoms with van der Waals surface area (Å²) < 4.78 is 6.38. The van der Waals surface area contributed by atoms with E-state index in [0.717, 1.165) is 10.0 Å². The highest BCUT2D eigenvalue weighted by Gasteiger charge is 2.03. The predicted molar refractivity (Wildman–Crippen MR) is 96.6 cm³/mol. The van der Waals surface area contributed by atoms with Crippen LogP contribution in [0.5, 0.6) is 5.75 Å². The lowest BCUT2D eigenvalue weighted by molar-refractivity contribution is -0.123. The standard InChI is InChI=1S/C16H13BrCl2N2O2/c1-10-6-13(4-5-14(10)17)23-9-16(22)21-20-8-11-2-3-12(18)7-15(11)19/h2-8H,9H2,1H3,(H,21,22)/b20-8+. The molecule has 120 valence electrons. The number of amides is 1. The van der Waals surface area contributed by atoms with Gasteiger partial charge in [-0.2, -0.15) is 5.10 Å². The van der Waals surface area contributed by atoms with Gasteiger partial charge in [0.1, 0.15) is 5.75 Å². The summed E-state index contributed by atoms with van der Waals surface area (Å²) in [6.45, 7) is 1.81. The first-order chi connectivity index (χ1) is 11.0. The summed E-state index contributed by atoms with van der Waals surface area (Å²) in [5, 5.41) is 4.83. The molecule has 0 radical (unpaired) electrons. The number of carbonyl (C=O) groups excluding carboxylic acids is 1. The van der Waals surface area contributed by atoms with Gasteiger partial charge in [-0.15, -0.1) is 0 Å². The summed E-state index contributed by atoms with van der Waals surface area (Å²) in [5.41, 5.74) is 4.05. The number of nitrogens with one attached hydrogen (secondary N) is 1. The van der Waals surface area contributed by atoms with Crippen LogP contribution in [-0.2, 0) is 4.79 Å². The Kier molecular flexibility index (Phi) is 6.45. The van der Waals surface area contributed by atoms with Crippen LogP contribution in [0.3, 0.4) is 0 Å². The van der Waals surface area contributed by atoms with Gasteiger partial charge in [0.2, 0.25) is 0 Å². The van der Waals surface area contributed by atoms with Crippen LogP contribution in [0.15, 0.2) is 46.0 Å². The van der Waals surface area contributed by atoms with Gasteiger partial charge < -0.3 is 4.74 Å². The summed E-state index contributed by atoms with van der Waals surface area (Å²) in [7, 11) is 0. The van der Waals surface area contributed by atoms with Crippen molar-refractivity contribution in [1.82, 2.24) is 5.43 Å². The van der Waals surface area contributed by atoms with Crippen LogP contribution in [0.25, 0.3) is 0 Å². The number of hydrogen-bond acceptors (Lipinski definition) is 3. The van der Waals surface area contributed by atoms with E-state index in [9.17, 15) is 4.79 Å². The number of hydrogen-bond donors (Lipinski definition) is 1. The van der Waals surface area contributed by atoms with Crippen LogP contribution in [0.2, 0.25) is 10.0 Å². The maximum absolute atomic E-state index is 11.7. The zero-order valence-electron chi connectivity index (χ0n) is 12.1. The third-order valence-corrected chi connectivity index (χ3v) is 4.31. The van der Waals surface area contributed by atoms with Crippen molar-refractivity contribution in [2.75, 3.05) is 6.61 Å². The van der Waals surface area contributed by atoms with Crippen LogP contribution in [0.1, 0.15) is 11.1 Å². The van der Waals surface area contributed by atoms with Crippen molar-refractivity contribution in [2.45, 2.75) is 6.92 Å². The molecule has 4 nitrogen and oxygen atoms in total. The first-order valence-corrected chi connectivity index (χ1v) is 8.16. The highest BCUT2D eigenvalue weighted by Crippen LogP contribution is 2.21. The van der Waals surface area contributed by atoms with Gasteiger partial charge in [-0.25, -0.2) is 5.43 Å². The molecule has 0 aromatic heterocycles. The second-order valence-electron chi connectivity index (χ2n) is 4.66. The largest absolute Gasteiger partial charge is 0.484 e. The van der Waals surface area contributed by atoms with E-state index in [1.54, 1.807) is 24.3 Å². The highest BCUT2D eigenvalue weighted by atomic mass is 79.9. The zero-order valence-corrected chi connectivity index (χ0v) is 15.2. The number of hydrazone groups is 1. The molecule has 0 saturated heterocycles. The summed E-state index contributed by atoms with van der Waals surface area (Å²) in [6.07, 6.45) is 1.44. The number of carbonyl (C=O) groups is 1. The lowest BCUT2D eigenvalue weighted by atomic mass is 10.2. The van der Waals surface area contributed by atoms with Crippen molar-refractivity contribution >= 4 is 51.3 Å². The maximum Gasteiger partial charge on any atom is 0.277 e. The molecule has 7 heteroatoms. The minimum atomic E-state index is -0.369. The summed E-state index contributed by atoms with van der Waals surface area (Å²) in [5.74, 6) is 0.248. The Morgan fingerprint density at radius 2 is 2.09 bits per heavy atom. The molecule has 2 rings (SSSR count). The summed E-state index contributed by atoms with van der Waals surface area (Å²) in [6, 6.07) is 10.5. The molecule has 0 bridgehead atoms. The van der Waals surface area contributed by atoms with Crippen LogP contribution in [0, 0.1) is 6.92 Å². The maximum atomic E-state index is 11.7. The molecule has 23 heavy (non-hydrogen) atoms. The number of nitrogens with zero attached hydrogens (tertiary/aromatic N) is 1. The van der Waals surface area contributed by atoms with Crippen molar-refractivity contribution in [3.8, 4) is 5.75 Å². The van der Waals surface area contributed by atoms with Gasteiger partial charge in [-0.1, -0.05) is 45.2 Å². The average Bonchev–Trinajstić information content (AvgIpc) is 2.50. The molecule has 0 unspecified atom stereocenters. The first kappa shape index (κ1) is 17.8. The Balaban J connectivity index is 1.85. The molecule has 0 fully saturated rings. The number of aryl methyl sites for hydroxylation is 1. The highest BCUT2D eigenvalue weighted by molar-refractivity contribution is 9.10. The third kappa shape index (κ3) is 5.53. The Labute approximate surface area is 152 Å². The van der Waals surface area contributed by atoms with Gasteiger partial charge in [0.25, 0.3) is 5.91 Å². The van der Waals surface area contributed by atoms with Gasteiger partial charge in [0.05, 0.1) is 11.2 Å². The van der Waals surface area contributed by atoms with Crippen LogP contribution < -0.4 is 10.2 Å². The minimum absolute atomic E-state index is 0.132. The van der Waals surface area contributed by atoms with Gasteiger partial charge >= 0.3 is 0 Å². The van der Waals surface area contributed by atoms with Gasteiger partial charge in [-0.3, -0.25) is 4.79 Å². The second kappa shape index (κ2) is 8.34. The predicted octanol–water partition coefficient (Wildman–Crippen LogP) is 4.59. The number of halogens is 3. The minimum Gasteiger partial charge on any atom is -0.484 e. The van der Waals surface area contributed by atoms with Gasteiger partial charge in [0.15, 0.2) is 6.61 Å². The van der Waals surface area contributed by atoms with Crippen molar-refractivity contribution in [3.05, 3.63) is 62.0 Å². The van der Waals surface area contributed by atoms with Gasteiger partial charge in [0, 0.05) is 15.1 Å². The average molecular weight is 416 g/mol.